The molecule has 5 nitrogen and oxygen atoms in total. The van der Waals surface area contributed by atoms with Crippen LogP contribution in [0.15, 0.2) is 12.2 Å². The van der Waals surface area contributed by atoms with Crippen LogP contribution >= 0.6 is 0 Å². The first kappa shape index (κ1) is 12.9. The van der Waals surface area contributed by atoms with Crippen LogP contribution in [0.2, 0.25) is 0 Å². The molecule has 0 radical (unpaired) electrons. The number of rotatable bonds is 5. The van der Waals surface area contributed by atoms with Crippen LogP contribution < -0.4 is 10.6 Å². The van der Waals surface area contributed by atoms with Crippen molar-refractivity contribution in [3.8, 4) is 0 Å². The Morgan fingerprint density at radius 1 is 1.39 bits per heavy atom. The van der Waals surface area contributed by atoms with E-state index in [1.54, 1.807) is 12.2 Å². The van der Waals surface area contributed by atoms with Gasteiger partial charge in [0.15, 0.2) is 0 Å². The molecule has 3 unspecified atom stereocenters. The van der Waals surface area contributed by atoms with Gasteiger partial charge in [-0.1, -0.05) is 19.1 Å². The number of carbonyl (C=O) groups is 2. The predicted molar refractivity (Wildman–Crippen MR) is 67.1 cm³/mol. The van der Waals surface area contributed by atoms with Gasteiger partial charge in [-0.3, -0.25) is 4.79 Å². The lowest BCUT2D eigenvalue weighted by atomic mass is 10.1. The van der Waals surface area contributed by atoms with Crippen molar-refractivity contribution in [3.63, 3.8) is 0 Å². The van der Waals surface area contributed by atoms with Crippen molar-refractivity contribution in [2.45, 2.75) is 32.2 Å². The number of hydrogen-bond acceptors (Lipinski definition) is 2. The number of carboxylic acid groups (broad SMARTS) is 1. The Morgan fingerprint density at radius 2 is 2.11 bits per heavy atom. The molecule has 2 aliphatic carbocycles. The van der Waals surface area contributed by atoms with Crippen molar-refractivity contribution in [2.75, 3.05) is 6.54 Å². The van der Waals surface area contributed by atoms with Gasteiger partial charge in [-0.25, -0.2) is 4.79 Å². The van der Waals surface area contributed by atoms with Crippen molar-refractivity contribution >= 4 is 12.0 Å². The van der Waals surface area contributed by atoms with Crippen molar-refractivity contribution in [2.24, 2.45) is 17.8 Å². The van der Waals surface area contributed by atoms with Crippen molar-refractivity contribution in [3.05, 3.63) is 12.2 Å². The van der Waals surface area contributed by atoms with Gasteiger partial charge < -0.3 is 15.7 Å². The first-order valence-corrected chi connectivity index (χ1v) is 6.51. The largest absolute Gasteiger partial charge is 0.481 e. The van der Waals surface area contributed by atoms with Crippen LogP contribution in [0.25, 0.3) is 0 Å². The van der Waals surface area contributed by atoms with Gasteiger partial charge in [-0.2, -0.15) is 0 Å². The Hall–Kier alpha value is -1.52. The zero-order chi connectivity index (χ0) is 13.1. The fourth-order valence-corrected chi connectivity index (χ4v) is 2.29. The minimum absolute atomic E-state index is 0.165. The average molecular weight is 252 g/mol. The second-order valence-electron chi connectivity index (χ2n) is 5.34. The van der Waals surface area contributed by atoms with Crippen LogP contribution in [0.3, 0.4) is 0 Å². The SMILES string of the molecule is CC(CNC(=O)NC1C=CC(C(=O)O)C1)C1CC1. The Balaban J connectivity index is 1.65. The van der Waals surface area contributed by atoms with E-state index in [4.69, 9.17) is 5.11 Å². The summed E-state index contributed by atoms with van der Waals surface area (Å²) in [6.07, 6.45) is 6.38. The number of carboxylic acids is 1. The minimum Gasteiger partial charge on any atom is -0.481 e. The highest BCUT2D eigenvalue weighted by molar-refractivity contribution is 5.76. The number of urea groups is 1. The lowest BCUT2D eigenvalue weighted by Crippen LogP contribution is -2.42. The Bertz CT molecular complexity index is 363. The van der Waals surface area contributed by atoms with Gasteiger partial charge in [0.05, 0.1) is 12.0 Å². The first-order valence-electron chi connectivity index (χ1n) is 6.51. The van der Waals surface area contributed by atoms with E-state index in [0.717, 1.165) is 5.92 Å². The molecule has 0 spiro atoms. The first-order chi connectivity index (χ1) is 8.56. The summed E-state index contributed by atoms with van der Waals surface area (Å²) >= 11 is 0. The van der Waals surface area contributed by atoms with Crippen molar-refractivity contribution in [1.82, 2.24) is 10.6 Å². The van der Waals surface area contributed by atoms with Crippen LogP contribution in [0.4, 0.5) is 4.79 Å². The third-order valence-electron chi connectivity index (χ3n) is 3.73. The van der Waals surface area contributed by atoms with Gasteiger partial charge in [0, 0.05) is 6.54 Å². The van der Waals surface area contributed by atoms with Gasteiger partial charge >= 0.3 is 12.0 Å². The molecular formula is C13H20N2O3. The molecular weight excluding hydrogens is 232 g/mol. The monoisotopic (exact) mass is 252 g/mol. The van der Waals surface area contributed by atoms with E-state index in [1.807, 2.05) is 0 Å². The van der Waals surface area contributed by atoms with Crippen LogP contribution in [-0.4, -0.2) is 29.7 Å². The minimum atomic E-state index is -0.835. The average Bonchev–Trinajstić information content (AvgIpc) is 3.07. The van der Waals surface area contributed by atoms with Crippen LogP contribution in [0.1, 0.15) is 26.2 Å². The van der Waals surface area contributed by atoms with E-state index in [0.29, 0.717) is 18.9 Å². The lowest BCUT2D eigenvalue weighted by Gasteiger charge is -2.15. The number of aliphatic carboxylic acids is 1. The van der Waals surface area contributed by atoms with E-state index in [-0.39, 0.29) is 12.1 Å². The molecule has 0 aromatic rings. The molecule has 0 heterocycles. The number of hydrogen-bond donors (Lipinski definition) is 3. The highest BCUT2D eigenvalue weighted by atomic mass is 16.4. The Morgan fingerprint density at radius 3 is 2.67 bits per heavy atom. The molecule has 2 aliphatic rings. The molecule has 1 saturated carbocycles. The van der Waals surface area contributed by atoms with Crippen molar-refractivity contribution < 1.29 is 14.7 Å². The highest BCUT2D eigenvalue weighted by Crippen LogP contribution is 2.36. The van der Waals surface area contributed by atoms with Gasteiger partial charge in [-0.05, 0) is 31.1 Å². The maximum Gasteiger partial charge on any atom is 0.315 e. The molecule has 2 amide bonds. The van der Waals surface area contributed by atoms with E-state index < -0.39 is 11.9 Å². The molecule has 0 bridgehead atoms. The standard InChI is InChI=1S/C13H20N2O3/c1-8(9-2-3-9)7-14-13(18)15-11-5-4-10(6-11)12(16)17/h4-5,8-11H,2-3,6-7H2,1H3,(H,16,17)(H2,14,15,18). The molecule has 5 heteroatoms. The number of carbonyl (C=O) groups excluding carboxylic acids is 1. The Kier molecular flexibility index (Phi) is 3.89. The summed E-state index contributed by atoms with van der Waals surface area (Å²) in [6.45, 7) is 2.84. The van der Waals surface area contributed by atoms with Gasteiger partial charge in [0.1, 0.15) is 0 Å². The van der Waals surface area contributed by atoms with Gasteiger partial charge in [0.2, 0.25) is 0 Å². The molecule has 0 aromatic heterocycles. The van der Waals surface area contributed by atoms with E-state index in [2.05, 4.69) is 17.6 Å². The molecule has 3 atom stereocenters. The predicted octanol–water partition coefficient (Wildman–Crippen LogP) is 1.36. The molecule has 0 saturated heterocycles. The van der Waals surface area contributed by atoms with E-state index >= 15 is 0 Å². The Labute approximate surface area is 107 Å². The molecule has 0 aromatic carbocycles. The van der Waals surface area contributed by atoms with E-state index in [1.165, 1.54) is 12.8 Å². The lowest BCUT2D eigenvalue weighted by molar-refractivity contribution is -0.140. The summed E-state index contributed by atoms with van der Waals surface area (Å²) in [4.78, 5) is 22.4. The summed E-state index contributed by atoms with van der Waals surface area (Å²) in [5, 5.41) is 14.5. The second-order valence-corrected chi connectivity index (χ2v) is 5.34. The number of nitrogens with one attached hydrogen (secondary N) is 2. The smallest absolute Gasteiger partial charge is 0.315 e. The summed E-state index contributed by atoms with van der Waals surface area (Å²) < 4.78 is 0. The second kappa shape index (κ2) is 5.42. The summed E-state index contributed by atoms with van der Waals surface area (Å²) in [5.41, 5.74) is 0. The van der Waals surface area contributed by atoms with Crippen LogP contribution in [-0.2, 0) is 4.79 Å². The van der Waals surface area contributed by atoms with Gasteiger partial charge in [0.25, 0.3) is 0 Å². The quantitative estimate of drug-likeness (QED) is 0.646. The maximum absolute atomic E-state index is 11.6. The fraction of sp³-hybridized carbons (Fsp3) is 0.692. The molecule has 0 aliphatic heterocycles. The molecule has 3 N–H and O–H groups in total. The zero-order valence-electron chi connectivity index (χ0n) is 10.6. The summed E-state index contributed by atoms with van der Waals surface area (Å²) in [7, 11) is 0. The molecule has 18 heavy (non-hydrogen) atoms. The molecule has 1 fully saturated rings. The maximum atomic E-state index is 11.6. The van der Waals surface area contributed by atoms with Crippen LogP contribution in [0, 0.1) is 17.8 Å². The molecule has 100 valence electrons. The third-order valence-corrected chi connectivity index (χ3v) is 3.73. The topological polar surface area (TPSA) is 78.4 Å². The van der Waals surface area contributed by atoms with E-state index in [9.17, 15) is 9.59 Å². The summed E-state index contributed by atoms with van der Waals surface area (Å²) in [5.74, 6) is -0.00583. The highest BCUT2D eigenvalue weighted by Gasteiger charge is 2.28. The van der Waals surface area contributed by atoms with Crippen molar-refractivity contribution in [1.29, 1.82) is 0 Å². The third kappa shape index (κ3) is 3.48. The van der Waals surface area contributed by atoms with Crippen LogP contribution in [0.5, 0.6) is 0 Å². The normalized spacial score (nSPS) is 27.8. The zero-order valence-corrected chi connectivity index (χ0v) is 10.6. The molecule has 2 rings (SSSR count). The fourth-order valence-electron chi connectivity index (χ4n) is 2.29. The summed E-state index contributed by atoms with van der Waals surface area (Å²) in [6, 6.07) is -0.370. The van der Waals surface area contributed by atoms with Gasteiger partial charge in [-0.15, -0.1) is 0 Å². The number of amides is 2.